The fourth-order valence-electron chi connectivity index (χ4n) is 0.603. The molecule has 0 unspecified atom stereocenters. The minimum Gasteiger partial charge on any atom is -0.325 e. The number of nitrogens with one attached hydrogen (secondary N) is 1. The molecule has 3 nitrogen and oxygen atoms in total. The molecular formula is C5H7N3. The maximum absolute atomic E-state index is 8.30. The van der Waals surface area contributed by atoms with E-state index in [-0.39, 0.29) is 0 Å². The fourth-order valence-corrected chi connectivity index (χ4v) is 0.603. The second-order valence-electron chi connectivity index (χ2n) is 1.77. The maximum atomic E-state index is 8.30. The molecule has 0 radical (unpaired) electrons. The predicted molar refractivity (Wildman–Crippen MR) is 29.5 cm³/mol. The Labute approximate surface area is 48.2 Å². The minimum atomic E-state index is 0.719. The molecule has 1 rings (SSSR count). The molecule has 0 aromatic heterocycles. The largest absolute Gasteiger partial charge is 0.325 e. The predicted octanol–water partition coefficient (Wildman–Crippen LogP) is -0.156. The van der Waals surface area contributed by atoms with E-state index in [1.165, 1.54) is 0 Å². The van der Waals surface area contributed by atoms with Crippen molar-refractivity contribution in [3.05, 3.63) is 11.8 Å². The number of hydrazine groups is 1. The molecule has 0 aliphatic carbocycles. The molecular weight excluding hydrogens is 102 g/mol. The van der Waals surface area contributed by atoms with Crippen molar-refractivity contribution in [3.8, 4) is 6.07 Å². The average Bonchev–Trinajstić information content (AvgIpc) is 2.14. The summed E-state index contributed by atoms with van der Waals surface area (Å²) in [5.41, 5.74) is 3.65. The second-order valence-corrected chi connectivity index (χ2v) is 1.77. The van der Waals surface area contributed by atoms with Crippen LogP contribution in [0.5, 0.6) is 0 Å². The van der Waals surface area contributed by atoms with E-state index >= 15 is 0 Å². The average molecular weight is 109 g/mol. The molecule has 1 N–H and O–H groups in total. The summed E-state index contributed by atoms with van der Waals surface area (Å²) in [5.74, 6) is 0. The third-order valence-corrected chi connectivity index (χ3v) is 1.01. The first kappa shape index (κ1) is 5.13. The summed E-state index contributed by atoms with van der Waals surface area (Å²) in [6.07, 6.45) is 1.71. The highest BCUT2D eigenvalue weighted by molar-refractivity contribution is 5.23. The first-order valence-electron chi connectivity index (χ1n) is 2.39. The van der Waals surface area contributed by atoms with Gasteiger partial charge in [0, 0.05) is 13.2 Å². The van der Waals surface area contributed by atoms with Gasteiger partial charge in [-0.3, -0.25) is 0 Å². The molecule has 1 heterocycles. The van der Waals surface area contributed by atoms with E-state index in [0.29, 0.717) is 0 Å². The van der Waals surface area contributed by atoms with Gasteiger partial charge in [0.25, 0.3) is 0 Å². The number of likely N-dealkylation sites (N-methyl/N-ethyl adjacent to an activating group) is 1. The van der Waals surface area contributed by atoms with Crippen molar-refractivity contribution in [2.75, 3.05) is 13.6 Å². The van der Waals surface area contributed by atoms with E-state index in [4.69, 9.17) is 5.26 Å². The zero-order chi connectivity index (χ0) is 5.98. The lowest BCUT2D eigenvalue weighted by molar-refractivity contribution is 0.330. The summed E-state index contributed by atoms with van der Waals surface area (Å²) >= 11 is 0. The summed E-state index contributed by atoms with van der Waals surface area (Å²) in [5, 5.41) is 10.1. The van der Waals surface area contributed by atoms with Gasteiger partial charge in [0.15, 0.2) is 0 Å². The molecule has 1 aliphatic rings. The second kappa shape index (κ2) is 1.85. The van der Waals surface area contributed by atoms with Gasteiger partial charge >= 0.3 is 0 Å². The van der Waals surface area contributed by atoms with Crippen LogP contribution in [0.2, 0.25) is 0 Å². The summed E-state index contributed by atoms with van der Waals surface area (Å²) in [7, 11) is 1.89. The first-order chi connectivity index (χ1) is 3.83. The van der Waals surface area contributed by atoms with Crippen LogP contribution in [0.3, 0.4) is 0 Å². The van der Waals surface area contributed by atoms with Crippen LogP contribution >= 0.6 is 0 Å². The Balaban J connectivity index is 2.53. The molecule has 1 aliphatic heterocycles. The van der Waals surface area contributed by atoms with Crippen molar-refractivity contribution in [2.45, 2.75) is 0 Å². The number of hydrogen-bond donors (Lipinski definition) is 1. The quantitative estimate of drug-likeness (QED) is 0.470. The lowest BCUT2D eigenvalue weighted by Gasteiger charge is -2.04. The molecule has 0 fully saturated rings. The van der Waals surface area contributed by atoms with Crippen LogP contribution in [-0.4, -0.2) is 18.6 Å². The summed E-state index contributed by atoms with van der Waals surface area (Å²) < 4.78 is 0. The lowest BCUT2D eigenvalue weighted by atomic mass is 10.3. The lowest BCUT2D eigenvalue weighted by Crippen LogP contribution is -2.24. The number of hydrogen-bond acceptors (Lipinski definition) is 3. The van der Waals surface area contributed by atoms with E-state index in [0.717, 1.165) is 12.1 Å². The normalized spacial score (nSPS) is 19.2. The Morgan fingerprint density at radius 1 is 2.00 bits per heavy atom. The van der Waals surface area contributed by atoms with Gasteiger partial charge in [0.2, 0.25) is 0 Å². The summed E-state index contributed by atoms with van der Waals surface area (Å²) in [6.45, 7) is 0.719. The molecule has 0 saturated carbocycles. The van der Waals surface area contributed by atoms with Crippen molar-refractivity contribution >= 4 is 0 Å². The highest BCUT2D eigenvalue weighted by atomic mass is 15.5. The van der Waals surface area contributed by atoms with Crippen LogP contribution < -0.4 is 5.43 Å². The van der Waals surface area contributed by atoms with Crippen LogP contribution in [0, 0.1) is 11.3 Å². The van der Waals surface area contributed by atoms with Gasteiger partial charge in [0.1, 0.15) is 0 Å². The van der Waals surface area contributed by atoms with Crippen LogP contribution in [0.25, 0.3) is 0 Å². The summed E-state index contributed by atoms with van der Waals surface area (Å²) in [4.78, 5) is 0. The Bertz CT molecular complexity index is 154. The van der Waals surface area contributed by atoms with E-state index in [9.17, 15) is 0 Å². The molecule has 0 aromatic carbocycles. The fraction of sp³-hybridized carbons (Fsp3) is 0.400. The van der Waals surface area contributed by atoms with Gasteiger partial charge in [-0.05, 0) is 0 Å². The van der Waals surface area contributed by atoms with Crippen LogP contribution in [0.15, 0.2) is 11.8 Å². The van der Waals surface area contributed by atoms with Crippen molar-refractivity contribution in [3.63, 3.8) is 0 Å². The standard InChI is InChI=1S/C5H7N3/c1-8-4-5(2-6)3-7-8/h3,7H,4H2,1H3. The van der Waals surface area contributed by atoms with Crippen LogP contribution in [0.4, 0.5) is 0 Å². The zero-order valence-electron chi connectivity index (χ0n) is 4.68. The Kier molecular flexibility index (Phi) is 1.18. The van der Waals surface area contributed by atoms with E-state index in [1.807, 2.05) is 12.1 Å². The molecule has 0 spiro atoms. The first-order valence-corrected chi connectivity index (χ1v) is 2.39. The van der Waals surface area contributed by atoms with Gasteiger partial charge in [-0.1, -0.05) is 0 Å². The SMILES string of the molecule is CN1CC(C#N)=CN1. The zero-order valence-corrected chi connectivity index (χ0v) is 4.68. The number of rotatable bonds is 0. The maximum Gasteiger partial charge on any atom is 0.0977 e. The van der Waals surface area contributed by atoms with Crippen LogP contribution in [0.1, 0.15) is 0 Å². The summed E-state index contributed by atoms with van der Waals surface area (Å²) in [6, 6.07) is 2.05. The Morgan fingerprint density at radius 3 is 3.00 bits per heavy atom. The van der Waals surface area contributed by atoms with Crippen molar-refractivity contribution in [1.82, 2.24) is 10.4 Å². The molecule has 0 amide bonds. The smallest absolute Gasteiger partial charge is 0.0977 e. The molecule has 3 heteroatoms. The third-order valence-electron chi connectivity index (χ3n) is 1.01. The van der Waals surface area contributed by atoms with Gasteiger partial charge in [0.05, 0.1) is 18.2 Å². The van der Waals surface area contributed by atoms with Gasteiger partial charge in [-0.2, -0.15) is 5.26 Å². The van der Waals surface area contributed by atoms with Gasteiger partial charge < -0.3 is 5.43 Å². The van der Waals surface area contributed by atoms with E-state index in [2.05, 4.69) is 11.5 Å². The molecule has 8 heavy (non-hydrogen) atoms. The number of nitriles is 1. The highest BCUT2D eigenvalue weighted by Crippen LogP contribution is 1.98. The minimum absolute atomic E-state index is 0.719. The topological polar surface area (TPSA) is 39.1 Å². The van der Waals surface area contributed by atoms with E-state index < -0.39 is 0 Å². The van der Waals surface area contributed by atoms with Crippen molar-refractivity contribution in [1.29, 1.82) is 5.26 Å². The van der Waals surface area contributed by atoms with Gasteiger partial charge in [-0.25, -0.2) is 5.01 Å². The third kappa shape index (κ3) is 0.796. The molecule has 0 saturated heterocycles. The highest BCUT2D eigenvalue weighted by Gasteiger charge is 2.06. The molecule has 0 bridgehead atoms. The Morgan fingerprint density at radius 2 is 2.75 bits per heavy atom. The Hall–Kier alpha value is -1.01. The monoisotopic (exact) mass is 109 g/mol. The molecule has 42 valence electrons. The van der Waals surface area contributed by atoms with Gasteiger partial charge in [-0.15, -0.1) is 0 Å². The number of nitrogens with zero attached hydrogens (tertiary/aromatic N) is 2. The van der Waals surface area contributed by atoms with Crippen molar-refractivity contribution < 1.29 is 0 Å². The molecule has 0 aromatic rings. The van der Waals surface area contributed by atoms with E-state index in [1.54, 1.807) is 6.20 Å². The van der Waals surface area contributed by atoms with Crippen LogP contribution in [-0.2, 0) is 0 Å². The van der Waals surface area contributed by atoms with Crippen molar-refractivity contribution in [2.24, 2.45) is 0 Å². The molecule has 0 atom stereocenters.